The van der Waals surface area contributed by atoms with Crippen molar-refractivity contribution in [2.75, 3.05) is 0 Å². The first-order chi connectivity index (χ1) is 9.13. The molecule has 3 nitrogen and oxygen atoms in total. The Hall–Kier alpha value is -2.03. The monoisotopic (exact) mass is 259 g/mol. The molecule has 0 saturated heterocycles. The van der Waals surface area contributed by atoms with E-state index in [1.54, 1.807) is 0 Å². The molecule has 1 N–H and O–H groups in total. The molecule has 3 heteroatoms. The lowest BCUT2D eigenvalue weighted by Crippen LogP contribution is -1.96. The van der Waals surface area contributed by atoms with Gasteiger partial charge in [0.05, 0.1) is 5.52 Å². The van der Waals surface area contributed by atoms with Gasteiger partial charge in [-0.05, 0) is 17.5 Å². The molecule has 2 aromatic rings. The number of carboxylic acids is 1. The summed E-state index contributed by atoms with van der Waals surface area (Å²) >= 11 is 0. The zero-order valence-electron chi connectivity index (χ0n) is 11.8. The molecule has 0 unspecified atom stereocenters. The SMILES string of the molecule is C=Cc1cccc2c(CCC(=O)O)cn(C)c12.CC. The van der Waals surface area contributed by atoms with Crippen LogP contribution in [-0.2, 0) is 18.3 Å². The molecule has 0 aliphatic rings. The Morgan fingerprint density at radius 2 is 2.11 bits per heavy atom. The van der Waals surface area contributed by atoms with Gasteiger partial charge in [0.2, 0.25) is 0 Å². The highest BCUT2D eigenvalue weighted by Crippen LogP contribution is 2.25. The van der Waals surface area contributed by atoms with Gasteiger partial charge in [-0.3, -0.25) is 4.79 Å². The second kappa shape index (κ2) is 6.78. The van der Waals surface area contributed by atoms with Crippen molar-refractivity contribution in [3.05, 3.63) is 42.1 Å². The molecule has 2 rings (SSSR count). The average molecular weight is 259 g/mol. The second-order valence-electron chi connectivity index (χ2n) is 4.11. The molecule has 0 fully saturated rings. The Balaban J connectivity index is 0.000000861. The highest BCUT2D eigenvalue weighted by atomic mass is 16.4. The zero-order valence-corrected chi connectivity index (χ0v) is 11.8. The Bertz CT molecular complexity index is 582. The van der Waals surface area contributed by atoms with Gasteiger partial charge in [-0.15, -0.1) is 0 Å². The number of hydrogen-bond acceptors (Lipinski definition) is 1. The summed E-state index contributed by atoms with van der Waals surface area (Å²) in [4.78, 5) is 10.6. The molecule has 19 heavy (non-hydrogen) atoms. The molecule has 0 amide bonds. The van der Waals surface area contributed by atoms with Gasteiger partial charge in [-0.25, -0.2) is 0 Å². The molecule has 0 bridgehead atoms. The maximum absolute atomic E-state index is 10.6. The van der Waals surface area contributed by atoms with E-state index >= 15 is 0 Å². The van der Waals surface area contributed by atoms with Gasteiger partial charge in [-0.1, -0.05) is 44.7 Å². The minimum absolute atomic E-state index is 0.164. The number of aryl methyl sites for hydroxylation is 2. The fourth-order valence-electron chi connectivity index (χ4n) is 2.19. The Labute approximate surface area is 114 Å². The van der Waals surface area contributed by atoms with E-state index in [2.05, 4.69) is 6.58 Å². The smallest absolute Gasteiger partial charge is 0.303 e. The maximum atomic E-state index is 10.6. The van der Waals surface area contributed by atoms with Crippen LogP contribution in [0.4, 0.5) is 0 Å². The van der Waals surface area contributed by atoms with Crippen molar-refractivity contribution >= 4 is 22.9 Å². The van der Waals surface area contributed by atoms with E-state index in [1.807, 2.05) is 55.9 Å². The van der Waals surface area contributed by atoms with Crippen LogP contribution >= 0.6 is 0 Å². The van der Waals surface area contributed by atoms with Crippen molar-refractivity contribution < 1.29 is 9.90 Å². The number of carboxylic acid groups (broad SMARTS) is 1. The van der Waals surface area contributed by atoms with Gasteiger partial charge in [-0.2, -0.15) is 0 Å². The summed E-state index contributed by atoms with van der Waals surface area (Å²) in [5, 5.41) is 9.85. The molecule has 0 aliphatic heterocycles. The molecule has 0 spiro atoms. The van der Waals surface area contributed by atoms with Gasteiger partial charge in [0.1, 0.15) is 0 Å². The van der Waals surface area contributed by atoms with Crippen LogP contribution in [0.25, 0.3) is 17.0 Å². The summed E-state index contributed by atoms with van der Waals surface area (Å²) in [6.07, 6.45) is 4.55. The van der Waals surface area contributed by atoms with E-state index in [9.17, 15) is 4.79 Å². The van der Waals surface area contributed by atoms with Crippen LogP contribution in [0, 0.1) is 0 Å². The number of aliphatic carboxylic acids is 1. The van der Waals surface area contributed by atoms with E-state index in [0.717, 1.165) is 22.0 Å². The molecule has 102 valence electrons. The number of fused-ring (bicyclic) bond motifs is 1. The molecular formula is C16H21NO2. The average Bonchev–Trinajstić information content (AvgIpc) is 2.76. The summed E-state index contributed by atoms with van der Waals surface area (Å²) in [6.45, 7) is 7.80. The van der Waals surface area contributed by atoms with Crippen molar-refractivity contribution in [1.82, 2.24) is 4.57 Å². The standard InChI is InChI=1S/C14H15NO2.C2H6/c1-3-10-5-4-6-12-11(7-8-13(16)17)9-15(2)14(10)12;1-2/h3-6,9H,1,7-8H2,2H3,(H,16,17);1-2H3. The second-order valence-corrected chi connectivity index (χ2v) is 4.11. The number of nitrogens with zero attached hydrogens (tertiary/aromatic N) is 1. The highest BCUT2D eigenvalue weighted by molar-refractivity contribution is 5.91. The first-order valence-electron chi connectivity index (χ1n) is 6.54. The highest BCUT2D eigenvalue weighted by Gasteiger charge is 2.09. The van der Waals surface area contributed by atoms with Crippen LogP contribution in [0.3, 0.4) is 0 Å². The van der Waals surface area contributed by atoms with Gasteiger partial charge in [0, 0.05) is 25.1 Å². The van der Waals surface area contributed by atoms with Gasteiger partial charge in [0.15, 0.2) is 0 Å². The molecule has 1 aromatic heterocycles. The van der Waals surface area contributed by atoms with Crippen molar-refractivity contribution in [3.63, 3.8) is 0 Å². The zero-order chi connectivity index (χ0) is 14.4. The summed E-state index contributed by atoms with van der Waals surface area (Å²) in [5.41, 5.74) is 3.27. The lowest BCUT2D eigenvalue weighted by molar-refractivity contribution is -0.136. The van der Waals surface area contributed by atoms with E-state index in [-0.39, 0.29) is 6.42 Å². The first kappa shape index (κ1) is 15.0. The lowest BCUT2D eigenvalue weighted by atomic mass is 10.1. The predicted octanol–water partition coefficient (Wildman–Crippen LogP) is 3.86. The number of carbonyl (C=O) groups is 1. The van der Waals surface area contributed by atoms with E-state index in [0.29, 0.717) is 6.42 Å². The number of benzene rings is 1. The quantitative estimate of drug-likeness (QED) is 0.905. The molecule has 0 saturated carbocycles. The maximum Gasteiger partial charge on any atom is 0.303 e. The third-order valence-electron chi connectivity index (χ3n) is 2.94. The van der Waals surface area contributed by atoms with Crippen LogP contribution in [0.2, 0.25) is 0 Å². The number of para-hydroxylation sites is 1. The van der Waals surface area contributed by atoms with Crippen molar-refractivity contribution in [2.24, 2.45) is 7.05 Å². The van der Waals surface area contributed by atoms with Crippen LogP contribution in [0.15, 0.2) is 31.0 Å². The third kappa shape index (κ3) is 3.25. The molecule has 0 radical (unpaired) electrons. The van der Waals surface area contributed by atoms with Gasteiger partial charge >= 0.3 is 5.97 Å². The summed E-state index contributed by atoms with van der Waals surface area (Å²) < 4.78 is 2.03. The summed E-state index contributed by atoms with van der Waals surface area (Å²) in [7, 11) is 1.97. The van der Waals surface area contributed by atoms with Crippen molar-refractivity contribution in [2.45, 2.75) is 26.7 Å². The molecule has 0 atom stereocenters. The normalized spacial score (nSPS) is 9.84. The van der Waals surface area contributed by atoms with Crippen LogP contribution < -0.4 is 0 Å². The van der Waals surface area contributed by atoms with Crippen LogP contribution in [0.1, 0.15) is 31.4 Å². The lowest BCUT2D eigenvalue weighted by Gasteiger charge is -2.01. The largest absolute Gasteiger partial charge is 0.481 e. The molecular weight excluding hydrogens is 238 g/mol. The Morgan fingerprint density at radius 1 is 1.42 bits per heavy atom. The minimum atomic E-state index is -0.762. The first-order valence-corrected chi connectivity index (χ1v) is 6.54. The third-order valence-corrected chi connectivity index (χ3v) is 2.94. The Kier molecular flexibility index (Phi) is 5.37. The molecule has 1 aromatic carbocycles. The van der Waals surface area contributed by atoms with Crippen LogP contribution in [-0.4, -0.2) is 15.6 Å². The fraction of sp³-hybridized carbons (Fsp3) is 0.312. The summed E-state index contributed by atoms with van der Waals surface area (Å²) in [6, 6.07) is 6.01. The number of aromatic nitrogens is 1. The molecule has 1 heterocycles. The number of hydrogen-bond donors (Lipinski definition) is 1. The van der Waals surface area contributed by atoms with Crippen LogP contribution in [0.5, 0.6) is 0 Å². The minimum Gasteiger partial charge on any atom is -0.481 e. The van der Waals surface area contributed by atoms with Crippen molar-refractivity contribution in [1.29, 1.82) is 0 Å². The van der Waals surface area contributed by atoms with E-state index in [4.69, 9.17) is 5.11 Å². The molecule has 0 aliphatic carbocycles. The van der Waals surface area contributed by atoms with Crippen molar-refractivity contribution in [3.8, 4) is 0 Å². The summed E-state index contributed by atoms with van der Waals surface area (Å²) in [5.74, 6) is -0.762. The number of rotatable bonds is 4. The topological polar surface area (TPSA) is 42.2 Å². The van der Waals surface area contributed by atoms with E-state index in [1.165, 1.54) is 0 Å². The van der Waals surface area contributed by atoms with Gasteiger partial charge in [0.25, 0.3) is 0 Å². The fourth-order valence-corrected chi connectivity index (χ4v) is 2.19. The van der Waals surface area contributed by atoms with E-state index < -0.39 is 5.97 Å². The van der Waals surface area contributed by atoms with Gasteiger partial charge < -0.3 is 9.67 Å². The predicted molar refractivity (Wildman–Crippen MR) is 80.3 cm³/mol. The Morgan fingerprint density at radius 3 is 2.68 bits per heavy atom.